The molecule has 1 aromatic rings. The van der Waals surface area contributed by atoms with Crippen LogP contribution in [0.1, 0.15) is 36.7 Å². The molecule has 1 N–H and O–H groups in total. The molecule has 0 aliphatic carbocycles. The first kappa shape index (κ1) is 26.0. The van der Waals surface area contributed by atoms with Crippen LogP contribution in [0.15, 0.2) is 40.0 Å². The number of aliphatic imine (C=N–C) groups is 1. The zero-order valence-corrected chi connectivity index (χ0v) is 17.2. The van der Waals surface area contributed by atoms with Crippen LogP contribution < -0.4 is 5.32 Å². The van der Waals surface area contributed by atoms with E-state index in [1.165, 1.54) is 24.3 Å². The summed E-state index contributed by atoms with van der Waals surface area (Å²) in [6.45, 7) is 5.51. The highest BCUT2D eigenvalue weighted by molar-refractivity contribution is 8.17. The SMILES string of the molecule is CC(C)(C)c1ccc(C(=O)NC2=NC(C(F)(F)F)(C(F)(F)F)/C(=C(\F)C(F)(F)F)S2)cc1. The summed E-state index contributed by atoms with van der Waals surface area (Å²) in [6, 6.07) is 5.37. The summed E-state index contributed by atoms with van der Waals surface area (Å²) in [5, 5.41) is 0.107. The van der Waals surface area contributed by atoms with Crippen molar-refractivity contribution in [1.29, 1.82) is 0 Å². The number of nitrogens with one attached hydrogen (secondary N) is 1. The molecule has 0 radical (unpaired) electrons. The Morgan fingerprint density at radius 1 is 0.906 bits per heavy atom. The molecule has 2 rings (SSSR count). The fourth-order valence-corrected chi connectivity index (χ4v) is 3.77. The van der Waals surface area contributed by atoms with Crippen molar-refractivity contribution in [1.82, 2.24) is 5.32 Å². The third-order valence-electron chi connectivity index (χ3n) is 4.30. The van der Waals surface area contributed by atoms with E-state index >= 15 is 0 Å². The van der Waals surface area contributed by atoms with E-state index in [0.29, 0.717) is 0 Å². The molecule has 1 heterocycles. The van der Waals surface area contributed by atoms with E-state index < -0.39 is 57.6 Å². The number of alkyl halides is 9. The number of rotatable bonds is 1. The van der Waals surface area contributed by atoms with Crippen LogP contribution in [-0.2, 0) is 5.41 Å². The van der Waals surface area contributed by atoms with E-state index in [9.17, 15) is 48.7 Å². The fourth-order valence-electron chi connectivity index (χ4n) is 2.62. The van der Waals surface area contributed by atoms with Crippen LogP contribution in [0, 0.1) is 0 Å². The molecule has 1 aliphatic heterocycles. The summed E-state index contributed by atoms with van der Waals surface area (Å²) in [4.78, 5) is 11.8. The molecular weight excluding hydrogens is 482 g/mol. The Balaban J connectivity index is 2.53. The molecular formula is C18H14F10N2OS. The van der Waals surface area contributed by atoms with Gasteiger partial charge in [-0.15, -0.1) is 0 Å². The van der Waals surface area contributed by atoms with Gasteiger partial charge in [-0.3, -0.25) is 4.79 Å². The summed E-state index contributed by atoms with van der Waals surface area (Å²) in [7, 11) is 0. The zero-order valence-electron chi connectivity index (χ0n) is 16.4. The second-order valence-electron chi connectivity index (χ2n) is 7.65. The molecule has 1 amide bonds. The minimum Gasteiger partial charge on any atom is -0.301 e. The van der Waals surface area contributed by atoms with Crippen molar-refractivity contribution >= 4 is 22.8 Å². The number of carbonyl (C=O) groups is 1. The van der Waals surface area contributed by atoms with Crippen molar-refractivity contribution in [2.24, 2.45) is 4.99 Å². The van der Waals surface area contributed by atoms with Gasteiger partial charge in [-0.25, -0.2) is 9.38 Å². The molecule has 1 aliphatic rings. The van der Waals surface area contributed by atoms with Gasteiger partial charge in [-0.05, 0) is 23.1 Å². The van der Waals surface area contributed by atoms with Crippen molar-refractivity contribution in [3.63, 3.8) is 0 Å². The zero-order chi connectivity index (χ0) is 24.9. The summed E-state index contributed by atoms with van der Waals surface area (Å²) < 4.78 is 132. The van der Waals surface area contributed by atoms with Crippen LogP contribution in [0.2, 0.25) is 0 Å². The van der Waals surface area contributed by atoms with Crippen LogP contribution in [0.4, 0.5) is 43.9 Å². The lowest BCUT2D eigenvalue weighted by molar-refractivity contribution is -0.280. The van der Waals surface area contributed by atoms with Crippen molar-refractivity contribution in [2.75, 3.05) is 0 Å². The van der Waals surface area contributed by atoms with Crippen LogP contribution in [0.25, 0.3) is 0 Å². The number of hydrogen-bond acceptors (Lipinski definition) is 3. The second kappa shape index (κ2) is 7.96. The predicted octanol–water partition coefficient (Wildman–Crippen LogP) is 6.42. The Hall–Kier alpha value is -2.25. The van der Waals surface area contributed by atoms with E-state index in [2.05, 4.69) is 4.99 Å². The van der Waals surface area contributed by atoms with Gasteiger partial charge < -0.3 is 5.32 Å². The highest BCUT2D eigenvalue weighted by atomic mass is 32.2. The molecule has 1 aromatic carbocycles. The number of benzene rings is 1. The van der Waals surface area contributed by atoms with Gasteiger partial charge in [0, 0.05) is 5.56 Å². The second-order valence-corrected chi connectivity index (χ2v) is 8.65. The van der Waals surface area contributed by atoms with Gasteiger partial charge in [0.15, 0.2) is 5.17 Å². The largest absolute Gasteiger partial charge is 0.443 e. The molecule has 0 spiro atoms. The van der Waals surface area contributed by atoms with E-state index in [1.54, 1.807) is 5.32 Å². The summed E-state index contributed by atoms with van der Waals surface area (Å²) >= 11 is -0.901. The number of amidine groups is 1. The first-order valence-corrected chi connectivity index (χ1v) is 9.34. The van der Waals surface area contributed by atoms with E-state index in [0.717, 1.165) is 5.56 Å². The van der Waals surface area contributed by atoms with Gasteiger partial charge in [0.05, 0.1) is 4.91 Å². The monoisotopic (exact) mass is 496 g/mol. The maximum atomic E-state index is 13.7. The molecule has 0 unspecified atom stereocenters. The average molecular weight is 496 g/mol. The minimum atomic E-state index is -6.49. The topological polar surface area (TPSA) is 41.5 Å². The molecule has 14 heteroatoms. The lowest BCUT2D eigenvalue weighted by Crippen LogP contribution is -2.55. The maximum Gasteiger partial charge on any atom is 0.443 e. The lowest BCUT2D eigenvalue weighted by Gasteiger charge is -2.31. The van der Waals surface area contributed by atoms with Crippen molar-refractivity contribution in [2.45, 2.75) is 50.3 Å². The molecule has 0 aromatic heterocycles. The smallest absolute Gasteiger partial charge is 0.301 e. The van der Waals surface area contributed by atoms with Gasteiger partial charge in [-0.1, -0.05) is 44.7 Å². The Morgan fingerprint density at radius 3 is 1.75 bits per heavy atom. The number of hydrogen-bond donors (Lipinski definition) is 1. The molecule has 0 bridgehead atoms. The first-order chi connectivity index (χ1) is 14.2. The predicted molar refractivity (Wildman–Crippen MR) is 96.7 cm³/mol. The highest BCUT2D eigenvalue weighted by Crippen LogP contribution is 2.59. The molecule has 0 atom stereocenters. The third kappa shape index (κ3) is 4.74. The van der Waals surface area contributed by atoms with Crippen LogP contribution >= 0.6 is 11.8 Å². The number of allylic oxidation sites excluding steroid dienone is 1. The molecule has 3 nitrogen and oxygen atoms in total. The molecule has 0 saturated heterocycles. The highest BCUT2D eigenvalue weighted by Gasteiger charge is 2.77. The summed E-state index contributed by atoms with van der Waals surface area (Å²) in [6.07, 6.45) is -19.1. The maximum absolute atomic E-state index is 13.7. The Labute approximate surface area is 179 Å². The van der Waals surface area contributed by atoms with E-state index in [-0.39, 0.29) is 11.0 Å². The van der Waals surface area contributed by atoms with Gasteiger partial charge in [0.25, 0.3) is 11.4 Å². The van der Waals surface area contributed by atoms with Gasteiger partial charge in [-0.2, -0.15) is 39.5 Å². The quantitative estimate of drug-likeness (QED) is 0.456. The van der Waals surface area contributed by atoms with Crippen LogP contribution in [0.3, 0.4) is 0 Å². The van der Waals surface area contributed by atoms with Crippen LogP contribution in [-0.4, -0.2) is 35.1 Å². The Kier molecular flexibility index (Phi) is 6.47. The van der Waals surface area contributed by atoms with Crippen molar-refractivity contribution < 1.29 is 48.7 Å². The molecule has 178 valence electrons. The van der Waals surface area contributed by atoms with Crippen molar-refractivity contribution in [3.8, 4) is 0 Å². The number of amides is 1. The molecule has 0 fully saturated rings. The van der Waals surface area contributed by atoms with E-state index in [1.807, 2.05) is 20.8 Å². The minimum absolute atomic E-state index is 0.223. The lowest BCUT2D eigenvalue weighted by atomic mass is 9.87. The number of carbonyl (C=O) groups excluding carboxylic acids is 1. The Morgan fingerprint density at radius 2 is 1.38 bits per heavy atom. The average Bonchev–Trinajstić information content (AvgIpc) is 3.00. The normalized spacial score (nSPS) is 19.0. The number of thioether (sulfide) groups is 1. The number of nitrogens with zero attached hydrogens (tertiary/aromatic N) is 1. The summed E-state index contributed by atoms with van der Waals surface area (Å²) in [5.41, 5.74) is -5.34. The summed E-state index contributed by atoms with van der Waals surface area (Å²) in [5.74, 6) is -4.86. The fraction of sp³-hybridized carbons (Fsp3) is 0.444. The van der Waals surface area contributed by atoms with Crippen LogP contribution in [0.5, 0.6) is 0 Å². The standard InChI is InChI=1S/C18H14F10N2OS/c1-14(2,3)9-6-4-8(5-7-9)12(31)29-13-30-15(17(23,24)25,18(26,27)28)11(32-13)10(19)16(20,21)22/h4-7H,1-3H3,(H,29,30,31)/b11-10+. The Bertz CT molecular complexity index is 936. The van der Waals surface area contributed by atoms with Gasteiger partial charge in [0.1, 0.15) is 0 Å². The van der Waals surface area contributed by atoms with E-state index in [4.69, 9.17) is 0 Å². The first-order valence-electron chi connectivity index (χ1n) is 8.52. The third-order valence-corrected chi connectivity index (χ3v) is 5.36. The van der Waals surface area contributed by atoms with Crippen molar-refractivity contribution in [3.05, 3.63) is 46.1 Å². The van der Waals surface area contributed by atoms with Gasteiger partial charge in [0.2, 0.25) is 5.83 Å². The molecule has 0 saturated carbocycles. The van der Waals surface area contributed by atoms with Gasteiger partial charge >= 0.3 is 18.5 Å². The molecule has 32 heavy (non-hydrogen) atoms. The number of halogens is 10.